The Morgan fingerprint density at radius 3 is 2.68 bits per heavy atom. The molecule has 1 heterocycles. The zero-order chi connectivity index (χ0) is 15.4. The van der Waals surface area contributed by atoms with Crippen LogP contribution in [-0.4, -0.2) is 11.5 Å². The molecule has 114 valence electrons. The third kappa shape index (κ3) is 3.36. The minimum absolute atomic E-state index is 0.317. The lowest BCUT2D eigenvalue weighted by Gasteiger charge is -2.06. The quantitative estimate of drug-likeness (QED) is 0.708. The highest BCUT2D eigenvalue weighted by Gasteiger charge is 2.06. The zero-order valence-corrected chi connectivity index (χ0v) is 12.4. The first-order valence-corrected chi connectivity index (χ1v) is 7.37. The average molecular weight is 299 g/mol. The van der Waals surface area contributed by atoms with Crippen LogP contribution in [0.5, 0.6) is 0 Å². The number of fused-ring (bicyclic) bond motifs is 1. The second-order valence-electron chi connectivity index (χ2n) is 5.11. The topological polar surface area (TPSA) is 50.1 Å². The molecule has 0 spiro atoms. The van der Waals surface area contributed by atoms with Crippen molar-refractivity contribution in [3.8, 4) is 0 Å². The van der Waals surface area contributed by atoms with Crippen molar-refractivity contribution in [1.29, 1.82) is 0 Å². The van der Waals surface area contributed by atoms with Crippen molar-refractivity contribution in [1.82, 2.24) is 4.98 Å². The van der Waals surface area contributed by atoms with Crippen LogP contribution in [0.15, 0.2) is 46.9 Å². The van der Waals surface area contributed by atoms with Gasteiger partial charge in [0.15, 0.2) is 5.58 Å². The highest BCUT2D eigenvalue weighted by molar-refractivity contribution is 5.74. The fourth-order valence-electron chi connectivity index (χ4n) is 2.16. The molecule has 0 saturated heterocycles. The van der Waals surface area contributed by atoms with Gasteiger partial charge in [-0.1, -0.05) is 19.1 Å². The Morgan fingerprint density at radius 2 is 1.91 bits per heavy atom. The maximum Gasteiger partial charge on any atom is 0.295 e. The maximum absolute atomic E-state index is 13.1. The lowest BCUT2D eigenvalue weighted by molar-refractivity contribution is 0.610. The monoisotopic (exact) mass is 299 g/mol. The Hall–Kier alpha value is -2.56. The molecule has 0 bridgehead atoms. The van der Waals surface area contributed by atoms with Gasteiger partial charge < -0.3 is 15.1 Å². The number of nitrogens with one attached hydrogen (secondary N) is 2. The van der Waals surface area contributed by atoms with Crippen molar-refractivity contribution in [3.05, 3.63) is 53.8 Å². The molecule has 1 aromatic heterocycles. The van der Waals surface area contributed by atoms with Crippen LogP contribution >= 0.6 is 0 Å². The molecule has 0 saturated carbocycles. The molecule has 2 N–H and O–H groups in total. The first-order valence-electron chi connectivity index (χ1n) is 7.37. The number of halogens is 1. The molecule has 0 aliphatic rings. The van der Waals surface area contributed by atoms with Gasteiger partial charge in [0.05, 0.1) is 0 Å². The van der Waals surface area contributed by atoms with Crippen molar-refractivity contribution in [2.45, 2.75) is 19.9 Å². The van der Waals surface area contributed by atoms with Gasteiger partial charge in [0.2, 0.25) is 0 Å². The van der Waals surface area contributed by atoms with E-state index in [9.17, 15) is 4.39 Å². The summed E-state index contributed by atoms with van der Waals surface area (Å²) in [7, 11) is 0. The molecular formula is C17H18FN3O. The van der Waals surface area contributed by atoms with Crippen LogP contribution in [0.25, 0.3) is 11.1 Å². The van der Waals surface area contributed by atoms with Gasteiger partial charge in [0, 0.05) is 24.8 Å². The van der Waals surface area contributed by atoms with E-state index in [1.54, 1.807) is 6.07 Å². The number of oxazole rings is 1. The largest absolute Gasteiger partial charge is 0.424 e. The molecular weight excluding hydrogens is 281 g/mol. The van der Waals surface area contributed by atoms with Gasteiger partial charge in [0.25, 0.3) is 6.01 Å². The molecule has 3 rings (SSSR count). The van der Waals surface area contributed by atoms with Gasteiger partial charge in [-0.15, -0.1) is 0 Å². The normalized spacial score (nSPS) is 10.8. The molecule has 0 amide bonds. The number of hydrogen-bond donors (Lipinski definition) is 2. The Kier molecular flexibility index (Phi) is 4.23. The van der Waals surface area contributed by atoms with Crippen molar-refractivity contribution < 1.29 is 8.81 Å². The third-order valence-corrected chi connectivity index (χ3v) is 3.33. The molecule has 5 heteroatoms. The first-order chi connectivity index (χ1) is 10.7. The van der Waals surface area contributed by atoms with Crippen LogP contribution < -0.4 is 10.6 Å². The molecule has 0 fully saturated rings. The molecule has 0 aliphatic heterocycles. The molecule has 0 radical (unpaired) electrons. The first kappa shape index (κ1) is 14.4. The molecule has 3 aromatic rings. The lowest BCUT2D eigenvalue weighted by atomic mass is 10.2. The number of benzene rings is 2. The summed E-state index contributed by atoms with van der Waals surface area (Å²) in [5.41, 5.74) is 3.32. The standard InChI is InChI=1S/C17H18FN3O/c1-2-9-19-14-6-3-12(4-7-14)11-20-17-21-15-10-13(18)5-8-16(15)22-17/h3-8,10,19H,2,9,11H2,1H3,(H,20,21). The summed E-state index contributed by atoms with van der Waals surface area (Å²) in [6.07, 6.45) is 1.10. The van der Waals surface area contributed by atoms with Gasteiger partial charge in [-0.25, -0.2) is 4.39 Å². The van der Waals surface area contributed by atoms with Crippen LogP contribution in [0.1, 0.15) is 18.9 Å². The van der Waals surface area contributed by atoms with Gasteiger partial charge in [-0.05, 0) is 36.2 Å². The fraction of sp³-hybridized carbons (Fsp3) is 0.235. The minimum atomic E-state index is -0.317. The van der Waals surface area contributed by atoms with Crippen molar-refractivity contribution in [3.63, 3.8) is 0 Å². The van der Waals surface area contributed by atoms with E-state index in [1.165, 1.54) is 12.1 Å². The van der Waals surface area contributed by atoms with E-state index in [4.69, 9.17) is 4.42 Å². The Labute approximate surface area is 128 Å². The molecule has 0 unspecified atom stereocenters. The van der Waals surface area contributed by atoms with Gasteiger partial charge in [0.1, 0.15) is 11.3 Å². The molecule has 2 aromatic carbocycles. The van der Waals surface area contributed by atoms with Crippen molar-refractivity contribution >= 4 is 22.8 Å². The second kappa shape index (κ2) is 6.47. The van der Waals surface area contributed by atoms with Gasteiger partial charge >= 0.3 is 0 Å². The summed E-state index contributed by atoms with van der Waals surface area (Å²) in [6, 6.07) is 12.9. The predicted octanol–water partition coefficient (Wildman–Crippen LogP) is 4.40. The third-order valence-electron chi connectivity index (χ3n) is 3.33. The SMILES string of the molecule is CCCNc1ccc(CNc2nc3cc(F)ccc3o2)cc1. The van der Waals surface area contributed by atoms with Crippen LogP contribution in [-0.2, 0) is 6.54 Å². The van der Waals surface area contributed by atoms with E-state index < -0.39 is 0 Å². The van der Waals surface area contributed by atoms with Crippen LogP contribution in [0.4, 0.5) is 16.1 Å². The van der Waals surface area contributed by atoms with E-state index in [2.05, 4.69) is 22.5 Å². The van der Waals surface area contributed by atoms with E-state index in [1.807, 2.05) is 24.3 Å². The molecule has 0 atom stereocenters. The van der Waals surface area contributed by atoms with E-state index in [0.717, 1.165) is 24.2 Å². The van der Waals surface area contributed by atoms with Crippen LogP contribution in [0.3, 0.4) is 0 Å². The Balaban J connectivity index is 1.63. The molecule has 4 nitrogen and oxygen atoms in total. The number of hydrogen-bond acceptors (Lipinski definition) is 4. The summed E-state index contributed by atoms with van der Waals surface area (Å²) >= 11 is 0. The predicted molar refractivity (Wildman–Crippen MR) is 86.5 cm³/mol. The van der Waals surface area contributed by atoms with Crippen molar-refractivity contribution in [2.75, 3.05) is 17.2 Å². The molecule has 0 aliphatic carbocycles. The zero-order valence-electron chi connectivity index (χ0n) is 12.4. The van der Waals surface area contributed by atoms with E-state index in [0.29, 0.717) is 23.7 Å². The fourth-order valence-corrected chi connectivity index (χ4v) is 2.16. The summed E-state index contributed by atoms with van der Waals surface area (Å²) in [4.78, 5) is 4.22. The van der Waals surface area contributed by atoms with E-state index >= 15 is 0 Å². The number of rotatable bonds is 6. The van der Waals surface area contributed by atoms with Crippen LogP contribution in [0, 0.1) is 5.82 Å². The Morgan fingerprint density at radius 1 is 1.09 bits per heavy atom. The summed E-state index contributed by atoms with van der Waals surface area (Å²) in [6.45, 7) is 3.71. The number of nitrogens with zero attached hydrogens (tertiary/aromatic N) is 1. The number of aromatic nitrogens is 1. The smallest absolute Gasteiger partial charge is 0.295 e. The number of anilines is 2. The highest BCUT2D eigenvalue weighted by Crippen LogP contribution is 2.20. The summed E-state index contributed by atoms with van der Waals surface area (Å²) in [5, 5.41) is 6.44. The average Bonchev–Trinajstić information content (AvgIpc) is 2.94. The maximum atomic E-state index is 13.1. The summed E-state index contributed by atoms with van der Waals surface area (Å²) < 4.78 is 18.6. The lowest BCUT2D eigenvalue weighted by Crippen LogP contribution is -2.01. The van der Waals surface area contributed by atoms with E-state index in [-0.39, 0.29) is 5.82 Å². The highest BCUT2D eigenvalue weighted by atomic mass is 19.1. The minimum Gasteiger partial charge on any atom is -0.424 e. The molecule has 22 heavy (non-hydrogen) atoms. The second-order valence-corrected chi connectivity index (χ2v) is 5.11. The van der Waals surface area contributed by atoms with Gasteiger partial charge in [-0.2, -0.15) is 4.98 Å². The van der Waals surface area contributed by atoms with Crippen molar-refractivity contribution in [2.24, 2.45) is 0 Å². The van der Waals surface area contributed by atoms with Crippen LogP contribution in [0.2, 0.25) is 0 Å². The van der Waals surface area contributed by atoms with Gasteiger partial charge in [-0.3, -0.25) is 0 Å². The summed E-state index contributed by atoms with van der Waals surface area (Å²) in [5.74, 6) is -0.317. The Bertz CT molecular complexity index is 752.